The van der Waals surface area contributed by atoms with E-state index in [0.717, 1.165) is 30.3 Å². The highest BCUT2D eigenvalue weighted by Gasteiger charge is 2.40. The topological polar surface area (TPSA) is 70.2 Å². The lowest BCUT2D eigenvalue weighted by atomic mass is 9.87. The Morgan fingerprint density at radius 2 is 1.69 bits per heavy atom. The molecular weight excluding hydrogens is 397 g/mol. The van der Waals surface area contributed by atoms with E-state index in [-0.39, 0.29) is 11.4 Å². The van der Waals surface area contributed by atoms with E-state index in [4.69, 9.17) is 0 Å². The number of urea groups is 1. The number of nitrogens with one attached hydrogen (secondary N) is 3. The molecule has 1 heterocycles. The first-order chi connectivity index (χ1) is 13.6. The Morgan fingerprint density at radius 1 is 1.07 bits per heavy atom. The first-order valence-electron chi connectivity index (χ1n) is 8.26. The van der Waals surface area contributed by atoms with Crippen molar-refractivity contribution in [2.24, 2.45) is 5.92 Å². The molecule has 29 heavy (non-hydrogen) atoms. The van der Waals surface area contributed by atoms with Crippen molar-refractivity contribution in [2.75, 3.05) is 5.32 Å². The van der Waals surface area contributed by atoms with Gasteiger partial charge in [-0.25, -0.2) is 13.6 Å². The van der Waals surface area contributed by atoms with Crippen molar-refractivity contribution in [2.45, 2.75) is 12.2 Å². The molecule has 1 saturated heterocycles. The van der Waals surface area contributed by atoms with Gasteiger partial charge in [-0.15, -0.1) is 0 Å². The normalized spacial score (nSPS) is 19.3. The van der Waals surface area contributed by atoms with E-state index in [0.29, 0.717) is 6.07 Å². The highest BCUT2D eigenvalue weighted by molar-refractivity contribution is 5.97. The van der Waals surface area contributed by atoms with Crippen LogP contribution in [-0.2, 0) is 11.0 Å². The van der Waals surface area contributed by atoms with Gasteiger partial charge < -0.3 is 16.0 Å². The fourth-order valence-corrected chi connectivity index (χ4v) is 3.03. The molecule has 1 aliphatic rings. The van der Waals surface area contributed by atoms with Crippen LogP contribution < -0.4 is 16.0 Å². The minimum atomic E-state index is -4.62. The lowest BCUT2D eigenvalue weighted by Crippen LogP contribution is -2.52. The highest BCUT2D eigenvalue weighted by atomic mass is 19.4. The molecular formula is C19H14F5N3O2. The first kappa shape index (κ1) is 20.3. The van der Waals surface area contributed by atoms with E-state index in [1.54, 1.807) is 0 Å². The molecule has 0 bridgehead atoms. The van der Waals surface area contributed by atoms with Crippen molar-refractivity contribution in [3.63, 3.8) is 0 Å². The van der Waals surface area contributed by atoms with Gasteiger partial charge in [-0.05, 0) is 30.3 Å². The Bertz CT molecular complexity index is 970. The van der Waals surface area contributed by atoms with Crippen LogP contribution in [-0.4, -0.2) is 11.9 Å². The summed E-state index contributed by atoms with van der Waals surface area (Å²) in [6.45, 7) is 3.54. The molecule has 1 fully saturated rings. The van der Waals surface area contributed by atoms with Crippen molar-refractivity contribution < 1.29 is 31.5 Å². The third-order valence-electron chi connectivity index (χ3n) is 4.32. The SMILES string of the molecule is C=C1NC(=O)N[C@@H](c2c(F)cccc2F)[C@@H]1C(=O)Nc1cccc(C(F)(F)F)c1. The van der Waals surface area contributed by atoms with Gasteiger partial charge in [0.05, 0.1) is 11.6 Å². The maximum absolute atomic E-state index is 14.2. The number of alkyl halides is 3. The van der Waals surface area contributed by atoms with E-state index in [1.165, 1.54) is 6.07 Å². The maximum Gasteiger partial charge on any atom is 0.416 e. The molecule has 3 N–H and O–H groups in total. The Labute approximate surface area is 161 Å². The lowest BCUT2D eigenvalue weighted by Gasteiger charge is -2.34. The number of hydrogen-bond acceptors (Lipinski definition) is 2. The second kappa shape index (κ2) is 7.53. The summed E-state index contributed by atoms with van der Waals surface area (Å²) < 4.78 is 67.1. The minimum Gasteiger partial charge on any atom is -0.330 e. The van der Waals surface area contributed by atoms with Gasteiger partial charge in [0.25, 0.3) is 0 Å². The maximum atomic E-state index is 14.2. The van der Waals surface area contributed by atoms with E-state index < -0.39 is 52.8 Å². The van der Waals surface area contributed by atoms with Crippen LogP contribution in [0.3, 0.4) is 0 Å². The molecule has 0 radical (unpaired) electrons. The number of halogens is 5. The molecule has 0 saturated carbocycles. The second-order valence-corrected chi connectivity index (χ2v) is 6.28. The summed E-state index contributed by atoms with van der Waals surface area (Å²) in [5.74, 6) is -4.30. The zero-order valence-electron chi connectivity index (χ0n) is 14.6. The van der Waals surface area contributed by atoms with Gasteiger partial charge >= 0.3 is 12.2 Å². The van der Waals surface area contributed by atoms with Gasteiger partial charge in [-0.3, -0.25) is 4.79 Å². The number of amides is 3. The van der Waals surface area contributed by atoms with Crippen LogP contribution in [0.1, 0.15) is 17.2 Å². The Hall–Kier alpha value is -3.43. The van der Waals surface area contributed by atoms with E-state index in [2.05, 4.69) is 22.5 Å². The van der Waals surface area contributed by atoms with Gasteiger partial charge in [0.1, 0.15) is 17.6 Å². The van der Waals surface area contributed by atoms with Crippen LogP contribution in [0, 0.1) is 17.6 Å². The molecule has 3 rings (SSSR count). The van der Waals surface area contributed by atoms with Gasteiger partial charge in [0, 0.05) is 16.9 Å². The first-order valence-corrected chi connectivity index (χ1v) is 8.26. The molecule has 1 aliphatic heterocycles. The summed E-state index contributed by atoms with van der Waals surface area (Å²) in [5, 5.41) is 6.78. The Morgan fingerprint density at radius 3 is 2.31 bits per heavy atom. The lowest BCUT2D eigenvalue weighted by molar-refractivity contribution is -0.137. The smallest absolute Gasteiger partial charge is 0.330 e. The quantitative estimate of drug-likeness (QED) is 0.666. The fourth-order valence-electron chi connectivity index (χ4n) is 3.03. The molecule has 2 aromatic carbocycles. The molecule has 5 nitrogen and oxygen atoms in total. The third-order valence-corrected chi connectivity index (χ3v) is 4.32. The summed E-state index contributed by atoms with van der Waals surface area (Å²) in [6.07, 6.45) is -4.62. The largest absolute Gasteiger partial charge is 0.416 e. The number of carbonyl (C=O) groups excluding carboxylic acids is 2. The van der Waals surface area contributed by atoms with Crippen LogP contribution >= 0.6 is 0 Å². The zero-order valence-corrected chi connectivity index (χ0v) is 14.6. The summed E-state index contributed by atoms with van der Waals surface area (Å²) in [7, 11) is 0. The second-order valence-electron chi connectivity index (χ2n) is 6.28. The van der Waals surface area contributed by atoms with Crippen molar-refractivity contribution in [3.05, 3.63) is 77.5 Å². The van der Waals surface area contributed by atoms with Crippen LogP contribution in [0.4, 0.5) is 32.4 Å². The summed E-state index contributed by atoms with van der Waals surface area (Å²) in [6, 6.07) is 4.61. The number of anilines is 1. The number of hydrogen-bond donors (Lipinski definition) is 3. The van der Waals surface area contributed by atoms with Crippen LogP contribution in [0.25, 0.3) is 0 Å². The standard InChI is InChI=1S/C19H14F5N3O2/c1-9-14(17(28)26-11-5-2-4-10(8-11)19(22,23)24)16(27-18(29)25-9)15-12(20)6-3-7-13(15)21/h2-8,14,16H,1H2,(H,26,28)(H2,25,27,29)/t14-,16-/m1/s1. The molecule has 2 atom stereocenters. The predicted octanol–water partition coefficient (Wildman–Crippen LogP) is 4.11. The summed E-state index contributed by atoms with van der Waals surface area (Å²) in [4.78, 5) is 24.5. The average Bonchev–Trinajstić information content (AvgIpc) is 2.60. The van der Waals surface area contributed by atoms with Crippen molar-refractivity contribution in [1.82, 2.24) is 10.6 Å². The summed E-state index contributed by atoms with van der Waals surface area (Å²) in [5.41, 5.74) is -1.89. The third kappa shape index (κ3) is 4.20. The van der Waals surface area contributed by atoms with Crippen LogP contribution in [0.15, 0.2) is 54.7 Å². The number of rotatable bonds is 3. The monoisotopic (exact) mass is 411 g/mol. The minimum absolute atomic E-state index is 0.161. The average molecular weight is 411 g/mol. The Kier molecular flexibility index (Phi) is 5.27. The van der Waals surface area contributed by atoms with Gasteiger partial charge in [0.2, 0.25) is 5.91 Å². The number of benzene rings is 2. The van der Waals surface area contributed by atoms with Crippen LogP contribution in [0.2, 0.25) is 0 Å². The molecule has 0 unspecified atom stereocenters. The molecule has 3 amide bonds. The van der Waals surface area contributed by atoms with E-state index in [9.17, 15) is 31.5 Å². The van der Waals surface area contributed by atoms with E-state index >= 15 is 0 Å². The van der Waals surface area contributed by atoms with Crippen molar-refractivity contribution in [1.29, 1.82) is 0 Å². The van der Waals surface area contributed by atoms with Gasteiger partial charge in [-0.2, -0.15) is 13.2 Å². The van der Waals surface area contributed by atoms with Gasteiger partial charge in [0.15, 0.2) is 0 Å². The molecule has 152 valence electrons. The fraction of sp³-hybridized carbons (Fsp3) is 0.158. The van der Waals surface area contributed by atoms with E-state index in [1.807, 2.05) is 0 Å². The van der Waals surface area contributed by atoms with Crippen LogP contribution in [0.5, 0.6) is 0 Å². The molecule has 0 spiro atoms. The zero-order chi connectivity index (χ0) is 21.3. The predicted molar refractivity (Wildman–Crippen MR) is 93.5 cm³/mol. The molecule has 0 aliphatic carbocycles. The van der Waals surface area contributed by atoms with Crippen molar-refractivity contribution in [3.8, 4) is 0 Å². The summed E-state index contributed by atoms with van der Waals surface area (Å²) >= 11 is 0. The highest BCUT2D eigenvalue weighted by Crippen LogP contribution is 2.34. The van der Waals surface area contributed by atoms with Crippen molar-refractivity contribution >= 4 is 17.6 Å². The molecule has 10 heteroatoms. The Balaban J connectivity index is 1.95. The molecule has 0 aromatic heterocycles. The molecule has 2 aromatic rings. The van der Waals surface area contributed by atoms with Gasteiger partial charge in [-0.1, -0.05) is 18.7 Å². The number of carbonyl (C=O) groups is 2.